The fourth-order valence-electron chi connectivity index (χ4n) is 3.44. The van der Waals surface area contributed by atoms with Crippen LogP contribution in [-0.4, -0.2) is 48.1 Å². The zero-order valence-electron chi connectivity index (χ0n) is 17.7. The summed E-state index contributed by atoms with van der Waals surface area (Å²) in [5.74, 6) is -0.960. The van der Waals surface area contributed by atoms with E-state index >= 15 is 0 Å². The summed E-state index contributed by atoms with van der Waals surface area (Å²) in [5.41, 5.74) is 1.67. The summed E-state index contributed by atoms with van der Waals surface area (Å²) in [5, 5.41) is 2.77. The summed E-state index contributed by atoms with van der Waals surface area (Å²) in [6, 6.07) is 8.44. The molecule has 1 fully saturated rings. The molecule has 3 rings (SSSR count). The molecule has 2 unspecified atom stereocenters. The average Bonchev–Trinajstić information content (AvgIpc) is 3.11. The molecule has 0 saturated carbocycles. The van der Waals surface area contributed by atoms with Gasteiger partial charge in [0.25, 0.3) is 0 Å². The number of methoxy groups -OCH3 is 1. The summed E-state index contributed by atoms with van der Waals surface area (Å²) in [6.45, 7) is 0.481. The first-order valence-electron chi connectivity index (χ1n) is 10.0. The Morgan fingerprint density at radius 2 is 1.97 bits per heavy atom. The molecule has 0 bridgehead atoms. The number of alkyl halides is 3. The second-order valence-corrected chi connectivity index (χ2v) is 7.58. The molecule has 1 aromatic carbocycles. The Kier molecular flexibility index (Phi) is 7.22. The number of pyridine rings is 1. The largest absolute Gasteiger partial charge is 0.493 e. The topological polar surface area (TPSA) is 80.8 Å². The number of aromatic nitrogens is 1. The van der Waals surface area contributed by atoms with Crippen molar-refractivity contribution in [3.63, 3.8) is 0 Å². The van der Waals surface area contributed by atoms with E-state index in [1.807, 2.05) is 12.1 Å². The number of hydrogen-bond acceptors (Lipinski definition) is 5. The van der Waals surface area contributed by atoms with E-state index in [4.69, 9.17) is 9.47 Å². The maximum atomic E-state index is 12.6. The SMILES string of the molecule is COc1cc(C(C)NC(=O)C2CC(=O)N(CC(F)(F)F)C2)ccc1OCc1ccncc1. The average molecular weight is 451 g/mol. The predicted molar refractivity (Wildman–Crippen MR) is 109 cm³/mol. The van der Waals surface area contributed by atoms with Crippen LogP contribution in [0.3, 0.4) is 0 Å². The fourth-order valence-corrected chi connectivity index (χ4v) is 3.44. The number of ether oxygens (including phenoxy) is 2. The normalized spacial score (nSPS) is 17.2. The zero-order chi connectivity index (χ0) is 23.3. The second-order valence-electron chi connectivity index (χ2n) is 7.58. The van der Waals surface area contributed by atoms with Crippen LogP contribution in [0.15, 0.2) is 42.7 Å². The Morgan fingerprint density at radius 1 is 1.25 bits per heavy atom. The highest BCUT2D eigenvalue weighted by Crippen LogP contribution is 2.31. The Labute approximate surface area is 183 Å². The van der Waals surface area contributed by atoms with E-state index in [0.29, 0.717) is 23.0 Å². The molecule has 1 aliphatic rings. The first-order valence-corrected chi connectivity index (χ1v) is 10.0. The number of rotatable bonds is 8. The minimum absolute atomic E-state index is 0.236. The van der Waals surface area contributed by atoms with Gasteiger partial charge in [-0.15, -0.1) is 0 Å². The van der Waals surface area contributed by atoms with Gasteiger partial charge in [0, 0.05) is 25.4 Å². The molecule has 10 heteroatoms. The molecule has 1 aliphatic heterocycles. The van der Waals surface area contributed by atoms with Crippen LogP contribution >= 0.6 is 0 Å². The number of amides is 2. The lowest BCUT2D eigenvalue weighted by Crippen LogP contribution is -2.37. The van der Waals surface area contributed by atoms with E-state index in [1.54, 1.807) is 37.5 Å². The van der Waals surface area contributed by atoms with Gasteiger partial charge in [-0.05, 0) is 42.3 Å². The number of halogens is 3. The Hall–Kier alpha value is -3.30. The van der Waals surface area contributed by atoms with Gasteiger partial charge in [-0.2, -0.15) is 13.2 Å². The molecule has 0 radical (unpaired) electrons. The van der Waals surface area contributed by atoms with Crippen molar-refractivity contribution >= 4 is 11.8 Å². The van der Waals surface area contributed by atoms with Crippen molar-refractivity contribution in [3.8, 4) is 11.5 Å². The van der Waals surface area contributed by atoms with Gasteiger partial charge in [-0.3, -0.25) is 14.6 Å². The molecule has 0 spiro atoms. The van der Waals surface area contributed by atoms with Crippen molar-refractivity contribution in [1.29, 1.82) is 0 Å². The number of benzene rings is 1. The molecule has 0 aliphatic carbocycles. The number of carbonyl (C=O) groups excluding carboxylic acids is 2. The number of hydrogen-bond donors (Lipinski definition) is 1. The third kappa shape index (κ3) is 6.12. The zero-order valence-corrected chi connectivity index (χ0v) is 17.7. The summed E-state index contributed by atoms with van der Waals surface area (Å²) in [6.07, 6.45) is -1.39. The van der Waals surface area contributed by atoms with Crippen LogP contribution in [0, 0.1) is 5.92 Å². The van der Waals surface area contributed by atoms with Crippen LogP contribution in [0.25, 0.3) is 0 Å². The molecule has 1 saturated heterocycles. The van der Waals surface area contributed by atoms with Crippen LogP contribution in [-0.2, 0) is 16.2 Å². The predicted octanol–water partition coefficient (Wildman–Crippen LogP) is 3.26. The van der Waals surface area contributed by atoms with Crippen LogP contribution in [0.4, 0.5) is 13.2 Å². The van der Waals surface area contributed by atoms with E-state index in [-0.39, 0.29) is 13.0 Å². The first-order chi connectivity index (χ1) is 15.2. The summed E-state index contributed by atoms with van der Waals surface area (Å²) in [4.78, 5) is 29.0. The third-order valence-corrected chi connectivity index (χ3v) is 5.15. The number of nitrogens with zero attached hydrogens (tertiary/aromatic N) is 2. The molecule has 2 aromatic rings. The van der Waals surface area contributed by atoms with Gasteiger partial charge in [-0.25, -0.2) is 0 Å². The van der Waals surface area contributed by atoms with Gasteiger partial charge in [0.1, 0.15) is 13.2 Å². The molecule has 2 amide bonds. The third-order valence-electron chi connectivity index (χ3n) is 5.15. The number of likely N-dealkylation sites (tertiary alicyclic amines) is 1. The van der Waals surface area contributed by atoms with Crippen molar-refractivity contribution in [2.75, 3.05) is 20.2 Å². The number of nitrogens with one attached hydrogen (secondary N) is 1. The smallest absolute Gasteiger partial charge is 0.406 e. The number of carbonyl (C=O) groups is 2. The van der Waals surface area contributed by atoms with Gasteiger partial charge < -0.3 is 19.7 Å². The van der Waals surface area contributed by atoms with Gasteiger partial charge in [0.05, 0.1) is 19.1 Å². The summed E-state index contributed by atoms with van der Waals surface area (Å²) >= 11 is 0. The van der Waals surface area contributed by atoms with Crippen molar-refractivity contribution in [2.24, 2.45) is 5.92 Å². The quantitative estimate of drug-likeness (QED) is 0.667. The monoisotopic (exact) mass is 451 g/mol. The highest BCUT2D eigenvalue weighted by molar-refractivity contribution is 5.89. The van der Waals surface area contributed by atoms with Crippen molar-refractivity contribution in [3.05, 3.63) is 53.9 Å². The molecule has 1 aromatic heterocycles. The standard InChI is InChI=1S/C22H24F3N3O4/c1-14(27-21(30)17-10-20(29)28(11-17)13-22(23,24)25)16-3-4-18(19(9-16)31-2)32-12-15-5-7-26-8-6-15/h3-9,14,17H,10-13H2,1-2H3,(H,27,30). The summed E-state index contributed by atoms with van der Waals surface area (Å²) in [7, 11) is 1.50. The van der Waals surface area contributed by atoms with E-state index in [0.717, 1.165) is 11.1 Å². The van der Waals surface area contributed by atoms with Gasteiger partial charge in [-0.1, -0.05) is 6.07 Å². The van der Waals surface area contributed by atoms with E-state index in [1.165, 1.54) is 7.11 Å². The summed E-state index contributed by atoms with van der Waals surface area (Å²) < 4.78 is 48.9. The van der Waals surface area contributed by atoms with Gasteiger partial charge in [0.2, 0.25) is 11.8 Å². The van der Waals surface area contributed by atoms with Gasteiger partial charge >= 0.3 is 6.18 Å². The molecule has 2 heterocycles. The van der Waals surface area contributed by atoms with Crippen LogP contribution in [0.1, 0.15) is 30.5 Å². The molecule has 172 valence electrons. The molecule has 1 N–H and O–H groups in total. The van der Waals surface area contributed by atoms with Crippen molar-refractivity contribution < 1.29 is 32.2 Å². The van der Waals surface area contributed by atoms with Crippen LogP contribution in [0.5, 0.6) is 11.5 Å². The van der Waals surface area contributed by atoms with Crippen molar-refractivity contribution in [2.45, 2.75) is 32.2 Å². The van der Waals surface area contributed by atoms with E-state index < -0.39 is 36.5 Å². The molecular formula is C22H24F3N3O4. The molecule has 32 heavy (non-hydrogen) atoms. The molecule has 2 atom stereocenters. The highest BCUT2D eigenvalue weighted by Gasteiger charge is 2.40. The highest BCUT2D eigenvalue weighted by atomic mass is 19.4. The fraction of sp³-hybridized carbons (Fsp3) is 0.409. The van der Waals surface area contributed by atoms with E-state index in [2.05, 4.69) is 10.3 Å². The maximum absolute atomic E-state index is 12.6. The maximum Gasteiger partial charge on any atom is 0.406 e. The van der Waals surface area contributed by atoms with Gasteiger partial charge in [0.15, 0.2) is 11.5 Å². The Balaban J connectivity index is 1.60. The lowest BCUT2D eigenvalue weighted by atomic mass is 10.0. The van der Waals surface area contributed by atoms with Crippen molar-refractivity contribution in [1.82, 2.24) is 15.2 Å². The van der Waals surface area contributed by atoms with E-state index in [9.17, 15) is 22.8 Å². The second kappa shape index (κ2) is 9.88. The minimum atomic E-state index is -4.49. The first kappa shape index (κ1) is 23.4. The lowest BCUT2D eigenvalue weighted by Gasteiger charge is -2.20. The minimum Gasteiger partial charge on any atom is -0.493 e. The Morgan fingerprint density at radius 3 is 2.62 bits per heavy atom. The van der Waals surface area contributed by atoms with Crippen LogP contribution < -0.4 is 14.8 Å². The van der Waals surface area contributed by atoms with Crippen LogP contribution in [0.2, 0.25) is 0 Å². The lowest BCUT2D eigenvalue weighted by molar-refractivity contribution is -0.157. The molecular weight excluding hydrogens is 427 g/mol. The molecule has 7 nitrogen and oxygen atoms in total. The Bertz CT molecular complexity index is 953.